The van der Waals surface area contributed by atoms with Gasteiger partial charge >= 0.3 is 0 Å². The molecule has 29 heavy (non-hydrogen) atoms. The molecule has 11 nitrogen and oxygen atoms in total. The van der Waals surface area contributed by atoms with Gasteiger partial charge in [0.1, 0.15) is 17.5 Å². The van der Waals surface area contributed by atoms with Crippen molar-refractivity contribution in [2.45, 2.75) is 18.9 Å². The molecule has 1 aliphatic heterocycles. The molecule has 0 saturated carbocycles. The minimum absolute atomic E-state index is 0.000290. The SMILES string of the molecule is CCS(=O)(=O)N1CC(CC#N)(n2cc(-c3ncnc4[nH]ccc34)c(C(N)=O)n2)C1. The maximum absolute atomic E-state index is 12.1. The third-order valence-electron chi connectivity index (χ3n) is 5.15. The largest absolute Gasteiger partial charge is 0.364 e. The Morgan fingerprint density at radius 1 is 1.41 bits per heavy atom. The molecule has 4 rings (SSSR count). The highest BCUT2D eigenvalue weighted by Crippen LogP contribution is 2.37. The molecule has 1 fully saturated rings. The molecule has 0 aromatic carbocycles. The van der Waals surface area contributed by atoms with Crippen LogP contribution >= 0.6 is 0 Å². The molecule has 3 aromatic rings. The van der Waals surface area contributed by atoms with Gasteiger partial charge in [0.25, 0.3) is 5.91 Å². The molecule has 12 heteroatoms. The lowest BCUT2D eigenvalue weighted by molar-refractivity contribution is 0.0709. The molecule has 0 radical (unpaired) electrons. The average Bonchev–Trinajstić information content (AvgIpc) is 3.31. The number of nitrogens with zero attached hydrogens (tertiary/aromatic N) is 6. The van der Waals surface area contributed by atoms with Gasteiger partial charge in [0.05, 0.1) is 29.5 Å². The van der Waals surface area contributed by atoms with Crippen molar-refractivity contribution in [3.8, 4) is 17.3 Å². The molecule has 0 atom stereocenters. The lowest BCUT2D eigenvalue weighted by Gasteiger charge is -2.47. The fourth-order valence-corrected chi connectivity index (χ4v) is 4.77. The van der Waals surface area contributed by atoms with Gasteiger partial charge in [-0.2, -0.15) is 14.7 Å². The average molecular weight is 414 g/mol. The normalized spacial score (nSPS) is 16.4. The van der Waals surface area contributed by atoms with Crippen molar-refractivity contribution >= 4 is 27.0 Å². The van der Waals surface area contributed by atoms with Crippen molar-refractivity contribution in [2.75, 3.05) is 18.8 Å². The molecule has 4 heterocycles. The lowest BCUT2D eigenvalue weighted by Crippen LogP contribution is -2.64. The predicted octanol–water partition coefficient (Wildman–Crippen LogP) is 0.195. The second-order valence-electron chi connectivity index (χ2n) is 6.89. The van der Waals surface area contributed by atoms with Crippen LogP contribution < -0.4 is 5.73 Å². The number of rotatable bonds is 6. The van der Waals surface area contributed by atoms with Gasteiger partial charge in [-0.3, -0.25) is 9.48 Å². The first-order valence-electron chi connectivity index (χ1n) is 8.84. The van der Waals surface area contributed by atoms with Gasteiger partial charge in [-0.25, -0.2) is 18.4 Å². The molecule has 0 aliphatic carbocycles. The van der Waals surface area contributed by atoms with Crippen LogP contribution in [0.1, 0.15) is 23.8 Å². The Morgan fingerprint density at radius 3 is 2.83 bits per heavy atom. The molecule has 3 N–H and O–H groups in total. The molecule has 0 unspecified atom stereocenters. The van der Waals surface area contributed by atoms with Crippen LogP contribution in [0.25, 0.3) is 22.3 Å². The smallest absolute Gasteiger partial charge is 0.269 e. The van der Waals surface area contributed by atoms with Gasteiger partial charge in [0, 0.05) is 30.9 Å². The Bertz CT molecular complexity index is 1250. The Kier molecular flexibility index (Phi) is 4.36. The van der Waals surface area contributed by atoms with Crippen molar-refractivity contribution in [3.63, 3.8) is 0 Å². The number of nitrogens with one attached hydrogen (secondary N) is 1. The number of hydrogen-bond donors (Lipinski definition) is 2. The van der Waals surface area contributed by atoms with Gasteiger partial charge in [-0.15, -0.1) is 0 Å². The Labute approximate surface area is 166 Å². The van der Waals surface area contributed by atoms with Gasteiger partial charge in [-0.1, -0.05) is 0 Å². The third kappa shape index (κ3) is 2.95. The van der Waals surface area contributed by atoms with Gasteiger partial charge in [0.15, 0.2) is 5.69 Å². The number of aromatic amines is 1. The van der Waals surface area contributed by atoms with E-state index in [-0.39, 0.29) is 31.0 Å². The number of sulfonamides is 1. The highest BCUT2D eigenvalue weighted by atomic mass is 32.2. The van der Waals surface area contributed by atoms with Crippen LogP contribution in [0.4, 0.5) is 0 Å². The zero-order chi connectivity index (χ0) is 20.8. The zero-order valence-electron chi connectivity index (χ0n) is 15.5. The van der Waals surface area contributed by atoms with Crippen LogP contribution in [0.15, 0.2) is 24.8 Å². The number of carbonyl (C=O) groups excluding carboxylic acids is 1. The maximum Gasteiger partial charge on any atom is 0.269 e. The van der Waals surface area contributed by atoms with Crippen LogP contribution in [0, 0.1) is 11.3 Å². The fraction of sp³-hybridized carbons (Fsp3) is 0.353. The first-order chi connectivity index (χ1) is 13.8. The van der Waals surface area contributed by atoms with E-state index < -0.39 is 21.5 Å². The van der Waals surface area contributed by atoms with E-state index in [0.29, 0.717) is 22.3 Å². The number of carbonyl (C=O) groups is 1. The summed E-state index contributed by atoms with van der Waals surface area (Å²) in [6.45, 7) is 1.76. The predicted molar refractivity (Wildman–Crippen MR) is 103 cm³/mol. The maximum atomic E-state index is 12.1. The molecular formula is C17H18N8O3S. The van der Waals surface area contributed by atoms with E-state index in [2.05, 4.69) is 26.1 Å². The van der Waals surface area contributed by atoms with E-state index in [0.717, 1.165) is 0 Å². The molecule has 1 amide bonds. The molecule has 1 aliphatic rings. The molecule has 1 saturated heterocycles. The Morgan fingerprint density at radius 2 is 2.17 bits per heavy atom. The summed E-state index contributed by atoms with van der Waals surface area (Å²) in [4.78, 5) is 23.5. The Balaban J connectivity index is 1.82. The van der Waals surface area contributed by atoms with Crippen LogP contribution in [0.2, 0.25) is 0 Å². The standard InChI is InChI=1S/C17H18N8O3S/c1-2-29(27,28)24-8-17(9-24,4-5-18)25-7-12(14(23-25)15(19)26)13-11-3-6-20-16(11)22-10-21-13/h3,6-7,10H,2,4,8-9H2,1H3,(H2,19,26)(H,20,21,22). The van der Waals surface area contributed by atoms with Crippen LogP contribution in [-0.2, 0) is 15.6 Å². The number of aromatic nitrogens is 5. The molecule has 0 spiro atoms. The summed E-state index contributed by atoms with van der Waals surface area (Å²) in [7, 11) is -3.39. The second kappa shape index (κ2) is 6.64. The quantitative estimate of drug-likeness (QED) is 0.581. The molecule has 0 bridgehead atoms. The van der Waals surface area contributed by atoms with Gasteiger partial charge in [0.2, 0.25) is 10.0 Å². The Hall–Kier alpha value is -3.30. The van der Waals surface area contributed by atoms with E-state index in [1.54, 1.807) is 25.4 Å². The van der Waals surface area contributed by atoms with Crippen molar-refractivity contribution in [3.05, 3.63) is 30.5 Å². The zero-order valence-corrected chi connectivity index (χ0v) is 16.3. The second-order valence-corrected chi connectivity index (χ2v) is 9.15. The third-order valence-corrected chi connectivity index (χ3v) is 6.92. The topological polar surface area (TPSA) is 164 Å². The highest BCUT2D eigenvalue weighted by molar-refractivity contribution is 7.89. The van der Waals surface area contributed by atoms with Crippen molar-refractivity contribution in [1.29, 1.82) is 5.26 Å². The van der Waals surface area contributed by atoms with Crippen molar-refractivity contribution in [2.24, 2.45) is 5.73 Å². The van der Waals surface area contributed by atoms with Gasteiger partial charge < -0.3 is 10.7 Å². The summed E-state index contributed by atoms with van der Waals surface area (Å²) >= 11 is 0. The fourth-order valence-electron chi connectivity index (χ4n) is 3.53. The summed E-state index contributed by atoms with van der Waals surface area (Å²) < 4.78 is 27.1. The number of H-pyrrole nitrogens is 1. The number of primary amides is 1. The highest BCUT2D eigenvalue weighted by Gasteiger charge is 2.50. The van der Waals surface area contributed by atoms with E-state index in [9.17, 15) is 18.5 Å². The van der Waals surface area contributed by atoms with Crippen LogP contribution in [-0.4, -0.2) is 62.2 Å². The summed E-state index contributed by atoms with van der Waals surface area (Å²) in [5.41, 5.74) is 6.14. The molecule has 3 aromatic heterocycles. The van der Waals surface area contributed by atoms with Crippen LogP contribution in [0.3, 0.4) is 0 Å². The van der Waals surface area contributed by atoms with Crippen molar-refractivity contribution in [1.82, 2.24) is 29.0 Å². The first-order valence-corrected chi connectivity index (χ1v) is 10.5. The van der Waals surface area contributed by atoms with Crippen molar-refractivity contribution < 1.29 is 13.2 Å². The number of nitrogens with two attached hydrogens (primary N) is 1. The van der Waals surface area contributed by atoms with E-state index in [4.69, 9.17) is 5.73 Å². The molecular weight excluding hydrogens is 396 g/mol. The number of nitriles is 1. The monoisotopic (exact) mass is 414 g/mol. The summed E-state index contributed by atoms with van der Waals surface area (Å²) in [6, 6.07) is 3.87. The van der Waals surface area contributed by atoms with Crippen LogP contribution in [0.5, 0.6) is 0 Å². The lowest BCUT2D eigenvalue weighted by atomic mass is 9.89. The minimum Gasteiger partial charge on any atom is -0.364 e. The van der Waals surface area contributed by atoms with Gasteiger partial charge in [-0.05, 0) is 13.0 Å². The summed E-state index contributed by atoms with van der Waals surface area (Å²) in [6.07, 6.45) is 4.70. The van der Waals surface area contributed by atoms with E-state index in [1.165, 1.54) is 15.3 Å². The number of amides is 1. The number of hydrogen-bond acceptors (Lipinski definition) is 7. The minimum atomic E-state index is -3.39. The number of fused-ring (bicyclic) bond motifs is 1. The summed E-state index contributed by atoms with van der Waals surface area (Å²) in [5, 5.41) is 14.3. The van der Waals surface area contributed by atoms with E-state index in [1.807, 2.05) is 0 Å². The molecule has 150 valence electrons. The first kappa shape index (κ1) is 19.0. The van der Waals surface area contributed by atoms with E-state index >= 15 is 0 Å². The summed E-state index contributed by atoms with van der Waals surface area (Å²) in [5.74, 6) is -0.774.